The van der Waals surface area contributed by atoms with Gasteiger partial charge in [-0.3, -0.25) is 14.9 Å². The van der Waals surface area contributed by atoms with E-state index >= 15 is 0 Å². The Morgan fingerprint density at radius 3 is 2.68 bits per heavy atom. The maximum Gasteiger partial charge on any atom is 0.338 e. The standard InChI is InChI=1S/C15H12ClN3O6/c1-24-15(21)9-2-4-12(11(6-9)19(22)23)25-8-14(20)18-13-5-3-10(16)7-17-13/h2-7H,8H2,1H3,(H,17,18,20). The van der Waals surface area contributed by atoms with Crippen LogP contribution in [0.15, 0.2) is 36.5 Å². The van der Waals surface area contributed by atoms with Crippen molar-refractivity contribution in [2.24, 2.45) is 0 Å². The summed E-state index contributed by atoms with van der Waals surface area (Å²) in [6.07, 6.45) is 1.36. The minimum absolute atomic E-state index is 0.00337. The molecule has 0 radical (unpaired) electrons. The number of rotatable bonds is 6. The fourth-order valence-corrected chi connectivity index (χ4v) is 1.91. The normalized spacial score (nSPS) is 10.0. The Balaban J connectivity index is 2.06. The number of carbonyl (C=O) groups excluding carboxylic acids is 2. The highest BCUT2D eigenvalue weighted by molar-refractivity contribution is 6.30. The highest BCUT2D eigenvalue weighted by atomic mass is 35.5. The highest BCUT2D eigenvalue weighted by Crippen LogP contribution is 2.28. The SMILES string of the molecule is COC(=O)c1ccc(OCC(=O)Nc2ccc(Cl)cn2)c([N+](=O)[O-])c1. The van der Waals surface area contributed by atoms with Crippen LogP contribution in [0.3, 0.4) is 0 Å². The Morgan fingerprint density at radius 1 is 1.32 bits per heavy atom. The topological polar surface area (TPSA) is 121 Å². The van der Waals surface area contributed by atoms with Crippen molar-refractivity contribution in [3.05, 3.63) is 57.2 Å². The van der Waals surface area contributed by atoms with E-state index in [-0.39, 0.29) is 17.1 Å². The lowest BCUT2D eigenvalue weighted by molar-refractivity contribution is -0.385. The van der Waals surface area contributed by atoms with Gasteiger partial charge >= 0.3 is 11.7 Å². The lowest BCUT2D eigenvalue weighted by atomic mass is 10.2. The first-order valence-electron chi connectivity index (χ1n) is 6.81. The molecule has 0 aliphatic rings. The third-order valence-corrected chi connectivity index (χ3v) is 3.15. The first-order chi connectivity index (χ1) is 11.9. The largest absolute Gasteiger partial charge is 0.477 e. The number of anilines is 1. The molecule has 1 amide bonds. The van der Waals surface area contributed by atoms with Crippen molar-refractivity contribution in [2.75, 3.05) is 19.0 Å². The van der Waals surface area contributed by atoms with E-state index in [0.29, 0.717) is 5.02 Å². The number of methoxy groups -OCH3 is 1. The fraction of sp³-hybridized carbons (Fsp3) is 0.133. The van der Waals surface area contributed by atoms with E-state index in [4.69, 9.17) is 16.3 Å². The Hall–Kier alpha value is -3.20. The number of aromatic nitrogens is 1. The molecular formula is C15H12ClN3O6. The number of carbonyl (C=O) groups is 2. The molecule has 2 rings (SSSR count). The number of hydrogen-bond acceptors (Lipinski definition) is 7. The number of pyridine rings is 1. The van der Waals surface area contributed by atoms with E-state index in [9.17, 15) is 19.7 Å². The van der Waals surface area contributed by atoms with Crippen LogP contribution in [0, 0.1) is 10.1 Å². The van der Waals surface area contributed by atoms with E-state index in [1.165, 1.54) is 24.4 Å². The Bertz CT molecular complexity index is 809. The number of nitrogens with one attached hydrogen (secondary N) is 1. The van der Waals surface area contributed by atoms with E-state index in [1.54, 1.807) is 6.07 Å². The first kappa shape index (κ1) is 18.1. The van der Waals surface area contributed by atoms with Gasteiger partial charge in [0.1, 0.15) is 5.82 Å². The van der Waals surface area contributed by atoms with Gasteiger partial charge in [-0.2, -0.15) is 0 Å². The third kappa shape index (κ3) is 4.88. The van der Waals surface area contributed by atoms with Crippen LogP contribution in [0.25, 0.3) is 0 Å². The number of halogens is 1. The molecule has 0 bridgehead atoms. The second-order valence-electron chi connectivity index (χ2n) is 4.63. The molecule has 2 aromatic rings. The summed E-state index contributed by atoms with van der Waals surface area (Å²) in [5.74, 6) is -1.19. The van der Waals surface area contributed by atoms with Gasteiger partial charge in [0.25, 0.3) is 5.91 Å². The Kier molecular flexibility index (Phi) is 5.85. The predicted octanol–water partition coefficient (Wildman–Crippen LogP) is 2.45. The monoisotopic (exact) mass is 365 g/mol. The average molecular weight is 366 g/mol. The van der Waals surface area contributed by atoms with Gasteiger partial charge in [-0.15, -0.1) is 0 Å². The molecule has 0 fully saturated rings. The van der Waals surface area contributed by atoms with Crippen molar-refractivity contribution in [1.82, 2.24) is 4.98 Å². The zero-order valence-corrected chi connectivity index (χ0v) is 13.6. The van der Waals surface area contributed by atoms with Gasteiger partial charge in [-0.1, -0.05) is 11.6 Å². The molecule has 9 nitrogen and oxygen atoms in total. The van der Waals surface area contributed by atoms with E-state index in [2.05, 4.69) is 15.0 Å². The van der Waals surface area contributed by atoms with Gasteiger partial charge in [-0.05, 0) is 24.3 Å². The molecule has 0 aliphatic carbocycles. The van der Waals surface area contributed by atoms with Crippen LogP contribution in [0.5, 0.6) is 5.75 Å². The van der Waals surface area contributed by atoms with Gasteiger partial charge in [0.05, 0.1) is 22.6 Å². The molecule has 0 atom stereocenters. The van der Waals surface area contributed by atoms with Crippen LogP contribution in [0.2, 0.25) is 5.02 Å². The summed E-state index contributed by atoms with van der Waals surface area (Å²) < 4.78 is 9.67. The number of amides is 1. The van der Waals surface area contributed by atoms with Crippen molar-refractivity contribution >= 4 is 35.0 Å². The summed E-state index contributed by atoms with van der Waals surface area (Å²) in [6, 6.07) is 6.57. The molecule has 0 saturated heterocycles. The van der Waals surface area contributed by atoms with Crippen LogP contribution in [0.4, 0.5) is 11.5 Å². The summed E-state index contributed by atoms with van der Waals surface area (Å²) in [5, 5.41) is 14.0. The Labute approximate surface area is 146 Å². The fourth-order valence-electron chi connectivity index (χ4n) is 1.80. The first-order valence-corrected chi connectivity index (χ1v) is 7.19. The molecule has 0 spiro atoms. The third-order valence-electron chi connectivity index (χ3n) is 2.93. The second kappa shape index (κ2) is 8.06. The van der Waals surface area contributed by atoms with Gasteiger partial charge in [-0.25, -0.2) is 9.78 Å². The van der Waals surface area contributed by atoms with Crippen LogP contribution in [-0.4, -0.2) is 35.5 Å². The maximum atomic E-state index is 11.8. The van der Waals surface area contributed by atoms with Crippen LogP contribution in [0.1, 0.15) is 10.4 Å². The van der Waals surface area contributed by atoms with Gasteiger partial charge < -0.3 is 14.8 Å². The van der Waals surface area contributed by atoms with Crippen LogP contribution < -0.4 is 10.1 Å². The molecule has 1 heterocycles. The molecule has 1 N–H and O–H groups in total. The van der Waals surface area contributed by atoms with Crippen molar-refractivity contribution in [3.63, 3.8) is 0 Å². The number of nitrogens with zero attached hydrogens (tertiary/aromatic N) is 2. The number of nitro groups is 1. The Morgan fingerprint density at radius 2 is 2.08 bits per heavy atom. The summed E-state index contributed by atoms with van der Waals surface area (Å²) in [7, 11) is 1.16. The lowest BCUT2D eigenvalue weighted by Crippen LogP contribution is -2.21. The number of esters is 1. The minimum Gasteiger partial charge on any atom is -0.477 e. The summed E-state index contributed by atoms with van der Waals surface area (Å²) in [5.41, 5.74) is -0.461. The lowest BCUT2D eigenvalue weighted by Gasteiger charge is -2.08. The number of hydrogen-bond donors (Lipinski definition) is 1. The molecule has 0 aliphatic heterocycles. The smallest absolute Gasteiger partial charge is 0.338 e. The molecule has 0 saturated carbocycles. The van der Waals surface area contributed by atoms with Crippen molar-refractivity contribution < 1.29 is 24.0 Å². The van der Waals surface area contributed by atoms with E-state index < -0.39 is 29.1 Å². The number of benzene rings is 1. The molecule has 10 heteroatoms. The van der Waals surface area contributed by atoms with Crippen molar-refractivity contribution in [1.29, 1.82) is 0 Å². The molecular weight excluding hydrogens is 354 g/mol. The number of ether oxygens (including phenoxy) is 2. The second-order valence-corrected chi connectivity index (χ2v) is 5.07. The van der Waals surface area contributed by atoms with Crippen molar-refractivity contribution in [3.8, 4) is 5.75 Å². The molecule has 1 aromatic carbocycles. The molecule has 130 valence electrons. The van der Waals surface area contributed by atoms with Crippen LogP contribution >= 0.6 is 11.6 Å². The molecule has 25 heavy (non-hydrogen) atoms. The minimum atomic E-state index is -0.722. The van der Waals surface area contributed by atoms with Gasteiger partial charge in [0.2, 0.25) is 0 Å². The van der Waals surface area contributed by atoms with Gasteiger partial charge in [0, 0.05) is 12.3 Å². The highest BCUT2D eigenvalue weighted by Gasteiger charge is 2.20. The zero-order chi connectivity index (χ0) is 18.4. The predicted molar refractivity (Wildman–Crippen MR) is 87.8 cm³/mol. The molecule has 0 unspecified atom stereocenters. The van der Waals surface area contributed by atoms with E-state index in [0.717, 1.165) is 13.2 Å². The van der Waals surface area contributed by atoms with Crippen LogP contribution in [-0.2, 0) is 9.53 Å². The number of nitro benzene ring substituents is 1. The quantitative estimate of drug-likeness (QED) is 0.474. The zero-order valence-electron chi connectivity index (χ0n) is 12.9. The van der Waals surface area contributed by atoms with E-state index in [1.807, 2.05) is 0 Å². The summed E-state index contributed by atoms with van der Waals surface area (Å²) >= 11 is 5.69. The average Bonchev–Trinajstić information content (AvgIpc) is 2.61. The summed E-state index contributed by atoms with van der Waals surface area (Å²) in [6.45, 7) is -0.483. The summed E-state index contributed by atoms with van der Waals surface area (Å²) in [4.78, 5) is 37.5. The van der Waals surface area contributed by atoms with Crippen molar-refractivity contribution in [2.45, 2.75) is 0 Å². The maximum absolute atomic E-state index is 11.8. The van der Waals surface area contributed by atoms with Gasteiger partial charge in [0.15, 0.2) is 12.4 Å². The molecule has 1 aromatic heterocycles.